The first kappa shape index (κ1) is 12.4. The minimum Gasteiger partial charge on any atom is -0.345 e. The first-order chi connectivity index (χ1) is 7.65. The highest BCUT2D eigenvalue weighted by molar-refractivity contribution is 9.09. The van der Waals surface area contributed by atoms with Crippen LogP contribution in [0.2, 0.25) is 0 Å². The molecule has 0 saturated heterocycles. The molecule has 0 spiro atoms. The van der Waals surface area contributed by atoms with E-state index in [0.717, 1.165) is 18.9 Å². The zero-order valence-corrected chi connectivity index (χ0v) is 11.7. The quantitative estimate of drug-likeness (QED) is 0.727. The highest BCUT2D eigenvalue weighted by atomic mass is 79.9. The maximum absolute atomic E-state index is 12.0. The summed E-state index contributed by atoms with van der Waals surface area (Å²) < 4.78 is 0. The second-order valence-corrected chi connectivity index (χ2v) is 6.86. The van der Waals surface area contributed by atoms with Gasteiger partial charge in [0, 0.05) is 24.8 Å². The normalized spacial score (nSPS) is 30.1. The molecule has 0 aromatic carbocycles. The lowest BCUT2D eigenvalue weighted by Gasteiger charge is -2.34. The molecule has 1 amide bonds. The van der Waals surface area contributed by atoms with E-state index in [2.05, 4.69) is 15.9 Å². The van der Waals surface area contributed by atoms with Crippen LogP contribution in [0.25, 0.3) is 0 Å². The molecule has 2 saturated carbocycles. The SMILES string of the molecule is CN(CC1CC(Br)C1)C(=O)CC1CCCC1. The molecule has 2 rings (SSSR count). The minimum absolute atomic E-state index is 0.366. The van der Waals surface area contributed by atoms with Crippen LogP contribution >= 0.6 is 15.9 Å². The molecule has 0 atom stereocenters. The molecule has 0 aliphatic heterocycles. The van der Waals surface area contributed by atoms with Crippen LogP contribution < -0.4 is 0 Å². The Labute approximate surface area is 107 Å². The number of halogens is 1. The topological polar surface area (TPSA) is 20.3 Å². The predicted octanol–water partition coefficient (Wildman–Crippen LogP) is 3.20. The van der Waals surface area contributed by atoms with Crippen LogP contribution in [0.1, 0.15) is 44.9 Å². The fourth-order valence-corrected chi connectivity index (χ4v) is 3.97. The summed E-state index contributed by atoms with van der Waals surface area (Å²) in [4.78, 5) is 14.6. The molecular formula is C13H22BrNO. The van der Waals surface area contributed by atoms with E-state index in [1.165, 1.54) is 38.5 Å². The minimum atomic E-state index is 0.366. The first-order valence-electron chi connectivity index (χ1n) is 6.53. The summed E-state index contributed by atoms with van der Waals surface area (Å²) in [6.45, 7) is 0.966. The molecule has 16 heavy (non-hydrogen) atoms. The summed E-state index contributed by atoms with van der Waals surface area (Å²) in [6.07, 6.45) is 8.47. The fraction of sp³-hybridized carbons (Fsp3) is 0.923. The third-order valence-corrected chi connectivity index (χ3v) is 4.82. The Balaban J connectivity index is 1.67. The van der Waals surface area contributed by atoms with Gasteiger partial charge in [0.1, 0.15) is 0 Å². The molecule has 92 valence electrons. The molecular weight excluding hydrogens is 266 g/mol. The van der Waals surface area contributed by atoms with Crippen molar-refractivity contribution in [3.05, 3.63) is 0 Å². The van der Waals surface area contributed by atoms with Gasteiger partial charge in [-0.1, -0.05) is 28.8 Å². The number of hydrogen-bond donors (Lipinski definition) is 0. The van der Waals surface area contributed by atoms with Crippen molar-refractivity contribution in [2.75, 3.05) is 13.6 Å². The smallest absolute Gasteiger partial charge is 0.222 e. The van der Waals surface area contributed by atoms with E-state index in [4.69, 9.17) is 0 Å². The number of alkyl halides is 1. The van der Waals surface area contributed by atoms with E-state index in [9.17, 15) is 4.79 Å². The lowest BCUT2D eigenvalue weighted by Crippen LogP contribution is -2.38. The van der Waals surface area contributed by atoms with Crippen molar-refractivity contribution in [3.8, 4) is 0 Å². The molecule has 0 N–H and O–H groups in total. The van der Waals surface area contributed by atoms with E-state index in [-0.39, 0.29) is 0 Å². The number of rotatable bonds is 4. The lowest BCUT2D eigenvalue weighted by atomic mass is 9.85. The van der Waals surface area contributed by atoms with Gasteiger partial charge in [0.05, 0.1) is 0 Å². The Morgan fingerprint density at radius 2 is 1.88 bits per heavy atom. The first-order valence-corrected chi connectivity index (χ1v) is 7.44. The second-order valence-electron chi connectivity index (χ2n) is 5.56. The standard InChI is InChI=1S/C13H22BrNO/c1-15(9-11-6-12(14)7-11)13(16)8-10-4-2-3-5-10/h10-12H,2-9H2,1H3. The molecule has 0 unspecified atom stereocenters. The van der Waals surface area contributed by atoms with Gasteiger partial charge in [-0.05, 0) is 37.5 Å². The molecule has 0 radical (unpaired) electrons. The Morgan fingerprint density at radius 3 is 2.44 bits per heavy atom. The van der Waals surface area contributed by atoms with Crippen molar-refractivity contribution in [3.63, 3.8) is 0 Å². The Morgan fingerprint density at radius 1 is 1.25 bits per heavy atom. The Kier molecular flexibility index (Phi) is 4.28. The summed E-state index contributed by atoms with van der Waals surface area (Å²) in [7, 11) is 1.97. The van der Waals surface area contributed by atoms with Crippen molar-refractivity contribution in [1.82, 2.24) is 4.90 Å². The Bertz CT molecular complexity index is 244. The van der Waals surface area contributed by atoms with Gasteiger partial charge in [0.15, 0.2) is 0 Å². The summed E-state index contributed by atoms with van der Waals surface area (Å²) in [5.41, 5.74) is 0. The number of carbonyl (C=O) groups excluding carboxylic acids is 1. The number of carbonyl (C=O) groups is 1. The lowest BCUT2D eigenvalue weighted by molar-refractivity contribution is -0.131. The van der Waals surface area contributed by atoms with E-state index < -0.39 is 0 Å². The van der Waals surface area contributed by atoms with Gasteiger partial charge in [-0.3, -0.25) is 4.79 Å². The van der Waals surface area contributed by atoms with E-state index in [1.807, 2.05) is 11.9 Å². The average molecular weight is 288 g/mol. The van der Waals surface area contributed by atoms with Crippen LogP contribution in [0.3, 0.4) is 0 Å². The number of hydrogen-bond acceptors (Lipinski definition) is 1. The van der Waals surface area contributed by atoms with E-state index in [1.54, 1.807) is 0 Å². The largest absolute Gasteiger partial charge is 0.345 e. The van der Waals surface area contributed by atoms with Gasteiger partial charge in [-0.15, -0.1) is 0 Å². The average Bonchev–Trinajstić information content (AvgIpc) is 2.68. The van der Waals surface area contributed by atoms with Crippen LogP contribution in [0.4, 0.5) is 0 Å². The van der Waals surface area contributed by atoms with Crippen LogP contribution in [-0.2, 0) is 4.79 Å². The molecule has 2 nitrogen and oxygen atoms in total. The monoisotopic (exact) mass is 287 g/mol. The van der Waals surface area contributed by atoms with E-state index >= 15 is 0 Å². The third kappa shape index (κ3) is 3.22. The van der Waals surface area contributed by atoms with Gasteiger partial charge in [-0.25, -0.2) is 0 Å². The Hall–Kier alpha value is -0.0500. The highest BCUT2D eigenvalue weighted by Crippen LogP contribution is 2.34. The van der Waals surface area contributed by atoms with Crippen molar-refractivity contribution < 1.29 is 4.79 Å². The fourth-order valence-electron chi connectivity index (χ4n) is 2.91. The van der Waals surface area contributed by atoms with Crippen LogP contribution in [-0.4, -0.2) is 29.2 Å². The maximum Gasteiger partial charge on any atom is 0.222 e. The van der Waals surface area contributed by atoms with Crippen molar-refractivity contribution >= 4 is 21.8 Å². The number of amides is 1. The van der Waals surface area contributed by atoms with Crippen LogP contribution in [0.15, 0.2) is 0 Å². The molecule has 3 heteroatoms. The summed E-state index contributed by atoms with van der Waals surface area (Å²) in [5, 5.41) is 0. The van der Waals surface area contributed by atoms with Gasteiger partial charge in [-0.2, -0.15) is 0 Å². The third-order valence-electron chi connectivity index (χ3n) is 4.07. The number of nitrogens with zero attached hydrogens (tertiary/aromatic N) is 1. The van der Waals surface area contributed by atoms with Gasteiger partial charge >= 0.3 is 0 Å². The van der Waals surface area contributed by atoms with Crippen molar-refractivity contribution in [2.45, 2.75) is 49.8 Å². The van der Waals surface area contributed by atoms with Crippen LogP contribution in [0, 0.1) is 11.8 Å². The molecule has 2 aliphatic carbocycles. The van der Waals surface area contributed by atoms with Gasteiger partial charge in [0.2, 0.25) is 5.91 Å². The summed E-state index contributed by atoms with van der Waals surface area (Å²) in [6, 6.07) is 0. The molecule has 0 aromatic heterocycles. The van der Waals surface area contributed by atoms with E-state index in [0.29, 0.717) is 16.7 Å². The highest BCUT2D eigenvalue weighted by Gasteiger charge is 2.29. The molecule has 2 fully saturated rings. The van der Waals surface area contributed by atoms with Crippen LogP contribution in [0.5, 0.6) is 0 Å². The summed E-state index contributed by atoms with van der Waals surface area (Å²) >= 11 is 3.60. The van der Waals surface area contributed by atoms with Crippen molar-refractivity contribution in [2.24, 2.45) is 11.8 Å². The zero-order chi connectivity index (χ0) is 11.5. The molecule has 0 bridgehead atoms. The zero-order valence-electron chi connectivity index (χ0n) is 10.1. The predicted molar refractivity (Wildman–Crippen MR) is 69.7 cm³/mol. The summed E-state index contributed by atoms with van der Waals surface area (Å²) in [5.74, 6) is 1.78. The molecule has 0 aromatic rings. The molecule has 2 aliphatic rings. The molecule has 0 heterocycles. The van der Waals surface area contributed by atoms with Gasteiger partial charge in [0.25, 0.3) is 0 Å². The maximum atomic E-state index is 12.0. The van der Waals surface area contributed by atoms with Crippen molar-refractivity contribution in [1.29, 1.82) is 0 Å². The second kappa shape index (κ2) is 5.52. The van der Waals surface area contributed by atoms with Gasteiger partial charge < -0.3 is 4.90 Å².